The summed E-state index contributed by atoms with van der Waals surface area (Å²) < 4.78 is 0. The van der Waals surface area contributed by atoms with Crippen LogP contribution in [0.4, 0.5) is 0 Å². The number of amides is 2. The largest absolute Gasteiger partial charge is 0.337 e. The van der Waals surface area contributed by atoms with Crippen molar-refractivity contribution in [1.29, 1.82) is 5.26 Å². The van der Waals surface area contributed by atoms with Crippen LogP contribution < -0.4 is 5.32 Å². The Balaban J connectivity index is 2.10. The molecule has 0 bridgehead atoms. The molecule has 1 fully saturated rings. The molecule has 1 aromatic rings. The maximum Gasteiger partial charge on any atom is 0.244 e. The highest BCUT2D eigenvalue weighted by Gasteiger charge is 2.37. The van der Waals surface area contributed by atoms with E-state index < -0.39 is 11.6 Å². The number of rotatable bonds is 4. The molecular formula is C16H19N3O2. The van der Waals surface area contributed by atoms with Gasteiger partial charge in [-0.3, -0.25) is 9.59 Å². The number of hydrogen-bond acceptors (Lipinski definition) is 3. The Kier molecular flexibility index (Phi) is 4.27. The minimum atomic E-state index is -0.929. The zero-order valence-corrected chi connectivity index (χ0v) is 12.3. The van der Waals surface area contributed by atoms with Gasteiger partial charge in [-0.15, -0.1) is 0 Å². The van der Waals surface area contributed by atoms with Gasteiger partial charge in [0.1, 0.15) is 11.6 Å². The summed E-state index contributed by atoms with van der Waals surface area (Å²) in [5.74, 6) is -0.280. The number of benzene rings is 1. The van der Waals surface area contributed by atoms with Crippen molar-refractivity contribution in [3.63, 3.8) is 0 Å². The summed E-state index contributed by atoms with van der Waals surface area (Å²) in [6, 6.07) is 11.1. The van der Waals surface area contributed by atoms with Crippen LogP contribution in [-0.4, -0.2) is 28.3 Å². The fourth-order valence-electron chi connectivity index (χ4n) is 2.40. The molecule has 5 heteroatoms. The number of hydrogen-bond donors (Lipinski definition) is 1. The van der Waals surface area contributed by atoms with Crippen molar-refractivity contribution in [2.24, 2.45) is 0 Å². The fraction of sp³-hybridized carbons (Fsp3) is 0.438. The second kappa shape index (κ2) is 5.96. The summed E-state index contributed by atoms with van der Waals surface area (Å²) in [6.45, 7) is 3.71. The van der Waals surface area contributed by atoms with E-state index in [1.54, 1.807) is 18.7 Å². The molecule has 0 aromatic heterocycles. The summed E-state index contributed by atoms with van der Waals surface area (Å²) in [6.07, 6.45) is 0.872. The number of carbonyl (C=O) groups is 2. The Morgan fingerprint density at radius 1 is 1.43 bits per heavy atom. The van der Waals surface area contributed by atoms with Gasteiger partial charge < -0.3 is 10.2 Å². The van der Waals surface area contributed by atoms with Crippen molar-refractivity contribution >= 4 is 11.8 Å². The Morgan fingerprint density at radius 2 is 2.10 bits per heavy atom. The average molecular weight is 285 g/mol. The first kappa shape index (κ1) is 15.0. The van der Waals surface area contributed by atoms with Crippen LogP contribution in [0.2, 0.25) is 0 Å². The van der Waals surface area contributed by atoms with Gasteiger partial charge in [-0.05, 0) is 25.8 Å². The third-order valence-corrected chi connectivity index (χ3v) is 3.54. The molecular weight excluding hydrogens is 266 g/mol. The van der Waals surface area contributed by atoms with Gasteiger partial charge in [0, 0.05) is 13.0 Å². The van der Waals surface area contributed by atoms with Crippen LogP contribution in [0.1, 0.15) is 32.3 Å². The highest BCUT2D eigenvalue weighted by atomic mass is 16.2. The van der Waals surface area contributed by atoms with Crippen molar-refractivity contribution in [3.8, 4) is 6.07 Å². The van der Waals surface area contributed by atoms with Crippen LogP contribution >= 0.6 is 0 Å². The third kappa shape index (κ3) is 3.60. The van der Waals surface area contributed by atoms with E-state index in [1.165, 1.54) is 0 Å². The van der Waals surface area contributed by atoms with Crippen LogP contribution in [-0.2, 0) is 16.1 Å². The van der Waals surface area contributed by atoms with Gasteiger partial charge in [0.15, 0.2) is 0 Å². The van der Waals surface area contributed by atoms with Crippen molar-refractivity contribution in [1.82, 2.24) is 10.2 Å². The first-order chi connectivity index (χ1) is 9.93. The van der Waals surface area contributed by atoms with Gasteiger partial charge in [-0.1, -0.05) is 30.3 Å². The molecule has 1 aliphatic rings. The minimum absolute atomic E-state index is 0.0197. The minimum Gasteiger partial charge on any atom is -0.337 e. The molecule has 2 rings (SSSR count). The van der Waals surface area contributed by atoms with Crippen LogP contribution in [0.15, 0.2) is 30.3 Å². The number of nitriles is 1. The van der Waals surface area contributed by atoms with Gasteiger partial charge in [0.05, 0.1) is 6.07 Å². The first-order valence-corrected chi connectivity index (χ1v) is 6.99. The van der Waals surface area contributed by atoms with E-state index in [2.05, 4.69) is 5.32 Å². The summed E-state index contributed by atoms with van der Waals surface area (Å²) in [4.78, 5) is 25.9. The van der Waals surface area contributed by atoms with E-state index in [0.29, 0.717) is 19.4 Å². The molecule has 0 radical (unpaired) electrons. The molecule has 1 aromatic carbocycles. The second-order valence-corrected chi connectivity index (χ2v) is 5.79. The fourth-order valence-corrected chi connectivity index (χ4v) is 2.40. The molecule has 1 N–H and O–H groups in total. The predicted octanol–water partition coefficient (Wildman–Crippen LogP) is 1.60. The third-order valence-electron chi connectivity index (χ3n) is 3.54. The molecule has 5 nitrogen and oxygen atoms in total. The Hall–Kier alpha value is -2.35. The molecule has 1 heterocycles. The molecule has 21 heavy (non-hydrogen) atoms. The molecule has 0 spiro atoms. The number of nitrogens with one attached hydrogen (secondary N) is 1. The second-order valence-electron chi connectivity index (χ2n) is 5.79. The lowest BCUT2D eigenvalue weighted by molar-refractivity contribution is -0.136. The first-order valence-electron chi connectivity index (χ1n) is 6.99. The van der Waals surface area contributed by atoms with Crippen molar-refractivity contribution < 1.29 is 9.59 Å². The standard InChI is InChI=1S/C16H19N3O2/c1-16(2,11-17)18-15(21)13-8-9-14(20)19(13)10-12-6-4-3-5-7-12/h3-7,13H,8-10H2,1-2H3,(H,18,21). The molecule has 1 unspecified atom stereocenters. The SMILES string of the molecule is CC(C)(C#N)NC(=O)C1CCC(=O)N1Cc1ccccc1. The van der Waals surface area contributed by atoms with Crippen molar-refractivity contribution in [2.75, 3.05) is 0 Å². The lowest BCUT2D eigenvalue weighted by Gasteiger charge is -2.27. The van der Waals surface area contributed by atoms with E-state index in [4.69, 9.17) is 5.26 Å². The highest BCUT2D eigenvalue weighted by molar-refractivity contribution is 5.91. The van der Waals surface area contributed by atoms with Crippen LogP contribution in [0, 0.1) is 11.3 Å². The summed E-state index contributed by atoms with van der Waals surface area (Å²) in [5, 5.41) is 11.7. The lowest BCUT2D eigenvalue weighted by Crippen LogP contribution is -2.51. The zero-order chi connectivity index (χ0) is 15.5. The average Bonchev–Trinajstić information content (AvgIpc) is 2.81. The summed E-state index contributed by atoms with van der Waals surface area (Å²) in [5.41, 5.74) is 0.0614. The van der Waals surface area contributed by atoms with E-state index in [-0.39, 0.29) is 11.8 Å². The topological polar surface area (TPSA) is 73.2 Å². The zero-order valence-electron chi connectivity index (χ0n) is 12.3. The van der Waals surface area contributed by atoms with E-state index in [0.717, 1.165) is 5.56 Å². The van der Waals surface area contributed by atoms with Gasteiger partial charge in [-0.25, -0.2) is 0 Å². The monoisotopic (exact) mass is 285 g/mol. The molecule has 1 saturated heterocycles. The maximum absolute atomic E-state index is 12.3. The van der Waals surface area contributed by atoms with Crippen molar-refractivity contribution in [2.45, 2.75) is 44.8 Å². The van der Waals surface area contributed by atoms with Crippen LogP contribution in [0.25, 0.3) is 0 Å². The quantitative estimate of drug-likeness (QED) is 0.913. The highest BCUT2D eigenvalue weighted by Crippen LogP contribution is 2.22. The van der Waals surface area contributed by atoms with Crippen LogP contribution in [0.3, 0.4) is 0 Å². The molecule has 110 valence electrons. The van der Waals surface area contributed by atoms with Gasteiger partial charge >= 0.3 is 0 Å². The lowest BCUT2D eigenvalue weighted by atomic mass is 10.1. The maximum atomic E-state index is 12.3. The number of carbonyl (C=O) groups excluding carboxylic acids is 2. The molecule has 1 aliphatic heterocycles. The van der Waals surface area contributed by atoms with Crippen molar-refractivity contribution in [3.05, 3.63) is 35.9 Å². The summed E-state index contributed by atoms with van der Waals surface area (Å²) >= 11 is 0. The summed E-state index contributed by atoms with van der Waals surface area (Å²) in [7, 11) is 0. The molecule has 0 aliphatic carbocycles. The molecule has 0 saturated carbocycles. The Bertz CT molecular complexity index is 575. The molecule has 1 atom stereocenters. The Morgan fingerprint density at radius 3 is 2.71 bits per heavy atom. The van der Waals surface area contributed by atoms with Gasteiger partial charge in [0.25, 0.3) is 0 Å². The number of nitrogens with zero attached hydrogens (tertiary/aromatic N) is 2. The van der Waals surface area contributed by atoms with Crippen LogP contribution in [0.5, 0.6) is 0 Å². The molecule has 2 amide bonds. The smallest absolute Gasteiger partial charge is 0.244 e. The van der Waals surface area contributed by atoms with Gasteiger partial charge in [-0.2, -0.15) is 5.26 Å². The van der Waals surface area contributed by atoms with E-state index in [9.17, 15) is 9.59 Å². The normalized spacial score (nSPS) is 18.4. The van der Waals surface area contributed by atoms with E-state index in [1.807, 2.05) is 36.4 Å². The Labute approximate surface area is 124 Å². The number of likely N-dealkylation sites (tertiary alicyclic amines) is 1. The van der Waals surface area contributed by atoms with E-state index >= 15 is 0 Å². The van der Waals surface area contributed by atoms with Gasteiger partial charge in [0.2, 0.25) is 11.8 Å². The predicted molar refractivity (Wildman–Crippen MR) is 77.8 cm³/mol.